The molecule has 38 heavy (non-hydrogen) atoms. The van der Waals surface area contributed by atoms with E-state index in [0.29, 0.717) is 5.56 Å². The van der Waals surface area contributed by atoms with Crippen molar-refractivity contribution in [3.05, 3.63) is 90.0 Å². The number of rotatable bonds is 8. The normalized spacial score (nSPS) is 16.2. The standard InChI is InChI=1S/C33H31F2NO2/c34-33(35)38-28-18-15-26(16-19-28)32(37)36-21-4-3-10-27(36)9-2-1-6-22-11-12-25-14-13-23-7-5-8-24-17-20-29(22)31(25)30(23)24/h5,7-8,11-20,27,33H,1-4,6,9-10,21H2. The summed E-state index contributed by atoms with van der Waals surface area (Å²) in [4.78, 5) is 15.2. The maximum atomic E-state index is 13.2. The molecule has 0 N–H and O–H groups in total. The summed E-state index contributed by atoms with van der Waals surface area (Å²) in [5, 5.41) is 7.94. The third-order valence-electron chi connectivity index (χ3n) is 8.07. The van der Waals surface area contributed by atoms with Crippen molar-refractivity contribution in [3.8, 4) is 5.75 Å². The molecule has 0 aliphatic carbocycles. The summed E-state index contributed by atoms with van der Waals surface area (Å²) in [6, 6.07) is 26.3. The monoisotopic (exact) mass is 511 g/mol. The molecular formula is C33H31F2NO2. The van der Waals surface area contributed by atoms with Gasteiger partial charge in [0.05, 0.1) is 0 Å². The van der Waals surface area contributed by atoms with Gasteiger partial charge >= 0.3 is 6.61 Å². The zero-order valence-electron chi connectivity index (χ0n) is 21.3. The van der Waals surface area contributed by atoms with E-state index in [9.17, 15) is 13.6 Å². The van der Waals surface area contributed by atoms with Crippen molar-refractivity contribution in [2.45, 2.75) is 57.6 Å². The Morgan fingerprint density at radius 3 is 2.32 bits per heavy atom. The van der Waals surface area contributed by atoms with Crippen molar-refractivity contribution in [3.63, 3.8) is 0 Å². The summed E-state index contributed by atoms with van der Waals surface area (Å²) in [5.74, 6) is 0.0450. The van der Waals surface area contributed by atoms with E-state index in [4.69, 9.17) is 0 Å². The van der Waals surface area contributed by atoms with E-state index >= 15 is 0 Å². The molecule has 1 saturated heterocycles. The van der Waals surface area contributed by atoms with Crippen molar-refractivity contribution >= 4 is 38.2 Å². The van der Waals surface area contributed by atoms with Gasteiger partial charge in [-0.15, -0.1) is 0 Å². The van der Waals surface area contributed by atoms with Crippen LogP contribution in [-0.4, -0.2) is 30.0 Å². The highest BCUT2D eigenvalue weighted by Crippen LogP contribution is 2.36. The lowest BCUT2D eigenvalue weighted by molar-refractivity contribution is -0.0498. The van der Waals surface area contributed by atoms with Gasteiger partial charge in [0.15, 0.2) is 0 Å². The van der Waals surface area contributed by atoms with Crippen LogP contribution < -0.4 is 4.74 Å². The molecule has 1 unspecified atom stereocenters. The van der Waals surface area contributed by atoms with Gasteiger partial charge < -0.3 is 9.64 Å². The fourth-order valence-corrected chi connectivity index (χ4v) is 6.22. The Morgan fingerprint density at radius 2 is 1.55 bits per heavy atom. The summed E-state index contributed by atoms with van der Waals surface area (Å²) < 4.78 is 29.3. The number of ether oxygens (including phenoxy) is 1. The molecule has 5 aromatic carbocycles. The summed E-state index contributed by atoms with van der Waals surface area (Å²) in [7, 11) is 0. The number of alkyl halides is 2. The molecule has 0 saturated carbocycles. The minimum atomic E-state index is -2.87. The number of aryl methyl sites for hydroxylation is 1. The molecule has 0 aromatic heterocycles. The summed E-state index contributed by atoms with van der Waals surface area (Å²) in [6.07, 6.45) is 7.25. The van der Waals surface area contributed by atoms with Crippen LogP contribution in [0.25, 0.3) is 32.3 Å². The minimum Gasteiger partial charge on any atom is -0.435 e. The molecule has 5 aromatic rings. The molecule has 1 aliphatic rings. The van der Waals surface area contributed by atoms with Gasteiger partial charge in [-0.1, -0.05) is 61.0 Å². The van der Waals surface area contributed by atoms with Crippen LogP contribution in [-0.2, 0) is 6.42 Å². The predicted molar refractivity (Wildman–Crippen MR) is 149 cm³/mol. The molecule has 1 atom stereocenters. The zero-order valence-corrected chi connectivity index (χ0v) is 21.3. The maximum absolute atomic E-state index is 13.2. The van der Waals surface area contributed by atoms with Crippen LogP contribution in [0.2, 0.25) is 0 Å². The van der Waals surface area contributed by atoms with Gasteiger partial charge in [-0.05, 0) is 101 Å². The molecule has 1 aliphatic heterocycles. The number of halogens is 2. The molecule has 0 radical (unpaired) electrons. The number of benzene rings is 5. The van der Waals surface area contributed by atoms with Gasteiger partial charge in [0.25, 0.3) is 5.91 Å². The number of likely N-dealkylation sites (tertiary alicyclic amines) is 1. The summed E-state index contributed by atoms with van der Waals surface area (Å²) >= 11 is 0. The topological polar surface area (TPSA) is 29.5 Å². The highest BCUT2D eigenvalue weighted by Gasteiger charge is 2.27. The predicted octanol–water partition coefficient (Wildman–Crippen LogP) is 8.59. The van der Waals surface area contributed by atoms with Crippen molar-refractivity contribution in [1.82, 2.24) is 4.90 Å². The highest BCUT2D eigenvalue weighted by molar-refractivity contribution is 6.23. The van der Waals surface area contributed by atoms with Crippen LogP contribution in [0.1, 0.15) is 54.4 Å². The third-order valence-corrected chi connectivity index (χ3v) is 8.07. The molecule has 3 nitrogen and oxygen atoms in total. The lowest BCUT2D eigenvalue weighted by Crippen LogP contribution is -2.43. The lowest BCUT2D eigenvalue weighted by atomic mass is 9.90. The summed E-state index contributed by atoms with van der Waals surface area (Å²) in [5.41, 5.74) is 1.91. The van der Waals surface area contributed by atoms with Gasteiger partial charge in [0.1, 0.15) is 5.75 Å². The van der Waals surface area contributed by atoms with Gasteiger partial charge in [0, 0.05) is 18.2 Å². The van der Waals surface area contributed by atoms with Gasteiger partial charge in [-0.2, -0.15) is 8.78 Å². The number of carbonyl (C=O) groups excluding carboxylic acids is 1. The molecule has 1 amide bonds. The molecule has 1 heterocycles. The Balaban J connectivity index is 1.12. The van der Waals surface area contributed by atoms with Gasteiger partial charge in [-0.3, -0.25) is 4.79 Å². The van der Waals surface area contributed by atoms with E-state index in [1.807, 2.05) is 4.90 Å². The van der Waals surface area contributed by atoms with E-state index in [1.54, 1.807) is 12.1 Å². The second-order valence-corrected chi connectivity index (χ2v) is 10.4. The molecular weight excluding hydrogens is 480 g/mol. The van der Waals surface area contributed by atoms with Crippen LogP contribution in [0.4, 0.5) is 8.78 Å². The van der Waals surface area contributed by atoms with Crippen LogP contribution in [0.5, 0.6) is 5.75 Å². The largest absolute Gasteiger partial charge is 0.435 e. The number of amides is 1. The number of hydrogen-bond donors (Lipinski definition) is 0. The average Bonchev–Trinajstić information content (AvgIpc) is 2.94. The van der Waals surface area contributed by atoms with Gasteiger partial charge in [0.2, 0.25) is 0 Å². The Morgan fingerprint density at radius 1 is 0.842 bits per heavy atom. The second-order valence-electron chi connectivity index (χ2n) is 10.4. The van der Waals surface area contributed by atoms with Crippen molar-refractivity contribution in [1.29, 1.82) is 0 Å². The van der Waals surface area contributed by atoms with Crippen molar-refractivity contribution < 1.29 is 18.3 Å². The Labute approximate surface area is 221 Å². The third kappa shape index (κ3) is 4.78. The van der Waals surface area contributed by atoms with E-state index in [0.717, 1.165) is 51.5 Å². The minimum absolute atomic E-state index is 0.0231. The average molecular weight is 512 g/mol. The van der Waals surface area contributed by atoms with Crippen LogP contribution >= 0.6 is 0 Å². The van der Waals surface area contributed by atoms with E-state index in [2.05, 4.69) is 59.3 Å². The SMILES string of the molecule is O=C(c1ccc(OC(F)F)cc1)N1CCCCC1CCCCc1ccc2ccc3cccc4ccc1c2c34. The van der Waals surface area contributed by atoms with Crippen LogP contribution in [0.3, 0.4) is 0 Å². The molecule has 1 fully saturated rings. The molecule has 6 rings (SSSR count). The first-order chi connectivity index (χ1) is 18.6. The number of nitrogens with zero attached hydrogens (tertiary/aromatic N) is 1. The number of piperidine rings is 1. The maximum Gasteiger partial charge on any atom is 0.387 e. The van der Waals surface area contributed by atoms with Gasteiger partial charge in [-0.25, -0.2) is 0 Å². The summed E-state index contributed by atoms with van der Waals surface area (Å²) in [6.45, 7) is -2.13. The van der Waals surface area contributed by atoms with Crippen molar-refractivity contribution in [2.24, 2.45) is 0 Å². The number of carbonyl (C=O) groups is 1. The van der Waals surface area contributed by atoms with Crippen molar-refractivity contribution in [2.75, 3.05) is 6.54 Å². The molecule has 0 spiro atoms. The Kier molecular flexibility index (Phi) is 6.84. The highest BCUT2D eigenvalue weighted by atomic mass is 19.3. The molecule has 5 heteroatoms. The van der Waals surface area contributed by atoms with Crippen LogP contribution in [0.15, 0.2) is 78.9 Å². The Hall–Kier alpha value is -3.73. The Bertz CT molecular complexity index is 1550. The van der Waals surface area contributed by atoms with E-state index in [1.165, 1.54) is 50.0 Å². The fourth-order valence-electron chi connectivity index (χ4n) is 6.22. The first-order valence-electron chi connectivity index (χ1n) is 13.6. The van der Waals surface area contributed by atoms with E-state index < -0.39 is 6.61 Å². The number of hydrogen-bond acceptors (Lipinski definition) is 2. The first kappa shape index (κ1) is 24.6. The van der Waals surface area contributed by atoms with E-state index in [-0.39, 0.29) is 17.7 Å². The second kappa shape index (κ2) is 10.6. The molecule has 0 bridgehead atoms. The first-order valence-corrected chi connectivity index (χ1v) is 13.6. The fraction of sp³-hybridized carbons (Fsp3) is 0.303. The quantitative estimate of drug-likeness (QED) is 0.154. The zero-order chi connectivity index (χ0) is 26.1. The van der Waals surface area contributed by atoms with Crippen LogP contribution in [0, 0.1) is 0 Å². The smallest absolute Gasteiger partial charge is 0.387 e. The lowest BCUT2D eigenvalue weighted by Gasteiger charge is -2.36. The molecule has 194 valence electrons. The number of unbranched alkanes of at least 4 members (excludes halogenated alkanes) is 1.